The van der Waals surface area contributed by atoms with E-state index in [9.17, 15) is 4.79 Å². The summed E-state index contributed by atoms with van der Waals surface area (Å²) in [4.78, 5) is 13.1. The molecule has 0 radical (unpaired) electrons. The van der Waals surface area contributed by atoms with Gasteiger partial charge in [-0.3, -0.25) is 0 Å². The molecule has 0 spiro atoms. The first-order valence-corrected chi connectivity index (χ1v) is 6.34. The maximum atomic E-state index is 10.7. The van der Waals surface area contributed by atoms with Crippen LogP contribution in [0.4, 0.5) is 0 Å². The maximum Gasteiger partial charge on any atom is 0.371 e. The molecule has 0 aliphatic heterocycles. The predicted molar refractivity (Wildman–Crippen MR) is 67.7 cm³/mol. The number of likely N-dealkylation sites (N-methyl/N-ethyl adjacent to an activating group) is 1. The minimum atomic E-state index is -1.03. The Morgan fingerprint density at radius 2 is 2.33 bits per heavy atom. The number of nitrogens with zero attached hydrogens (tertiary/aromatic N) is 1. The number of carboxylic acid groups (broad SMARTS) is 1. The molecule has 1 aromatic rings. The van der Waals surface area contributed by atoms with Crippen LogP contribution < -0.4 is 5.32 Å². The van der Waals surface area contributed by atoms with Crippen LogP contribution in [0.25, 0.3) is 0 Å². The molecule has 1 aliphatic rings. The number of rotatable bonds is 7. The summed E-state index contributed by atoms with van der Waals surface area (Å²) in [6.45, 7) is 3.85. The number of aromatic carboxylic acids is 1. The van der Waals surface area contributed by atoms with Gasteiger partial charge in [0.2, 0.25) is 5.76 Å². The second kappa shape index (κ2) is 5.54. The molecule has 1 aliphatic carbocycles. The molecule has 1 heterocycles. The molecule has 1 aromatic heterocycles. The van der Waals surface area contributed by atoms with Gasteiger partial charge in [-0.2, -0.15) is 0 Å². The monoisotopic (exact) mass is 252 g/mol. The van der Waals surface area contributed by atoms with Crippen molar-refractivity contribution in [2.45, 2.75) is 31.8 Å². The molecule has 0 aromatic carbocycles. The number of hydrogen-bond donors (Lipinski definition) is 2. The molecular formula is C13H20N2O3. The van der Waals surface area contributed by atoms with Gasteiger partial charge in [0.25, 0.3) is 0 Å². The summed E-state index contributed by atoms with van der Waals surface area (Å²) in [5, 5.41) is 12.1. The van der Waals surface area contributed by atoms with E-state index in [1.165, 1.54) is 18.9 Å². The van der Waals surface area contributed by atoms with Gasteiger partial charge in [0.05, 0.1) is 6.04 Å². The minimum Gasteiger partial charge on any atom is -0.475 e. The fourth-order valence-electron chi connectivity index (χ4n) is 1.96. The Kier molecular flexibility index (Phi) is 4.04. The lowest BCUT2D eigenvalue weighted by Gasteiger charge is -2.17. The molecule has 2 rings (SSSR count). The summed E-state index contributed by atoms with van der Waals surface area (Å²) >= 11 is 0. The molecule has 2 N–H and O–H groups in total. The molecule has 1 unspecified atom stereocenters. The molecule has 5 nitrogen and oxygen atoms in total. The van der Waals surface area contributed by atoms with Crippen molar-refractivity contribution in [3.8, 4) is 0 Å². The van der Waals surface area contributed by atoms with E-state index < -0.39 is 5.97 Å². The lowest BCUT2D eigenvalue weighted by Crippen LogP contribution is -2.31. The fraction of sp³-hybridized carbons (Fsp3) is 0.615. The zero-order valence-corrected chi connectivity index (χ0v) is 10.8. The number of carbonyl (C=O) groups is 1. The van der Waals surface area contributed by atoms with E-state index in [0.29, 0.717) is 5.76 Å². The summed E-state index contributed by atoms with van der Waals surface area (Å²) in [5.41, 5.74) is 0. The molecule has 1 fully saturated rings. The molecule has 1 atom stereocenters. The quantitative estimate of drug-likeness (QED) is 0.773. The first kappa shape index (κ1) is 13.1. The SMILES string of the molecule is CC(NCCN(C)C1CC1)c1ccc(C(=O)O)o1. The van der Waals surface area contributed by atoms with Gasteiger partial charge in [-0.25, -0.2) is 4.79 Å². The molecule has 100 valence electrons. The highest BCUT2D eigenvalue weighted by atomic mass is 16.4. The van der Waals surface area contributed by atoms with Gasteiger partial charge in [-0.15, -0.1) is 0 Å². The van der Waals surface area contributed by atoms with Crippen LogP contribution in [-0.2, 0) is 0 Å². The van der Waals surface area contributed by atoms with Crippen molar-refractivity contribution in [1.29, 1.82) is 0 Å². The second-order valence-electron chi connectivity index (χ2n) is 4.89. The third kappa shape index (κ3) is 3.34. The third-order valence-electron chi connectivity index (χ3n) is 3.35. The largest absolute Gasteiger partial charge is 0.475 e. The molecule has 5 heteroatoms. The van der Waals surface area contributed by atoms with Crippen molar-refractivity contribution in [3.63, 3.8) is 0 Å². The zero-order chi connectivity index (χ0) is 13.1. The van der Waals surface area contributed by atoms with Gasteiger partial charge in [0.1, 0.15) is 5.76 Å². The Morgan fingerprint density at radius 3 is 2.89 bits per heavy atom. The fourth-order valence-corrected chi connectivity index (χ4v) is 1.96. The van der Waals surface area contributed by atoms with Crippen molar-refractivity contribution in [2.75, 3.05) is 20.1 Å². The van der Waals surface area contributed by atoms with Gasteiger partial charge in [-0.05, 0) is 38.9 Å². The van der Waals surface area contributed by atoms with Gasteiger partial charge in [-0.1, -0.05) is 0 Å². The first-order valence-electron chi connectivity index (χ1n) is 6.34. The maximum absolute atomic E-state index is 10.7. The Morgan fingerprint density at radius 1 is 1.61 bits per heavy atom. The summed E-state index contributed by atoms with van der Waals surface area (Å²) < 4.78 is 5.25. The van der Waals surface area contributed by atoms with Gasteiger partial charge in [0, 0.05) is 19.1 Å². The summed E-state index contributed by atoms with van der Waals surface area (Å²) in [6, 6.07) is 4.01. The van der Waals surface area contributed by atoms with Gasteiger partial charge < -0.3 is 19.7 Å². The van der Waals surface area contributed by atoms with Crippen molar-refractivity contribution in [2.24, 2.45) is 0 Å². The molecule has 0 saturated heterocycles. The van der Waals surface area contributed by atoms with E-state index in [1.54, 1.807) is 6.07 Å². The van der Waals surface area contributed by atoms with E-state index in [0.717, 1.165) is 19.1 Å². The standard InChI is InChI=1S/C13H20N2O3/c1-9(11-5-6-12(18-11)13(16)17)14-7-8-15(2)10-3-4-10/h5-6,9-10,14H,3-4,7-8H2,1-2H3,(H,16,17). The highest BCUT2D eigenvalue weighted by molar-refractivity contribution is 5.84. The topological polar surface area (TPSA) is 65.7 Å². The van der Waals surface area contributed by atoms with Crippen molar-refractivity contribution in [1.82, 2.24) is 10.2 Å². The summed E-state index contributed by atoms with van der Waals surface area (Å²) in [7, 11) is 2.14. The van der Waals surface area contributed by atoms with E-state index in [-0.39, 0.29) is 11.8 Å². The Balaban J connectivity index is 1.75. The van der Waals surface area contributed by atoms with Crippen LogP contribution >= 0.6 is 0 Å². The molecule has 1 saturated carbocycles. The van der Waals surface area contributed by atoms with Crippen molar-refractivity contribution in [3.05, 3.63) is 23.7 Å². The van der Waals surface area contributed by atoms with E-state index in [1.807, 2.05) is 6.92 Å². The predicted octanol–water partition coefficient (Wildman–Crippen LogP) is 1.72. The lowest BCUT2D eigenvalue weighted by molar-refractivity contribution is 0.0659. The Bertz CT molecular complexity index is 412. The van der Waals surface area contributed by atoms with Crippen LogP contribution in [-0.4, -0.2) is 42.2 Å². The number of hydrogen-bond acceptors (Lipinski definition) is 4. The zero-order valence-electron chi connectivity index (χ0n) is 10.8. The van der Waals surface area contributed by atoms with Gasteiger partial charge in [0.15, 0.2) is 0 Å². The summed E-state index contributed by atoms with van der Waals surface area (Å²) in [5.74, 6) is -0.364. The van der Waals surface area contributed by atoms with E-state index >= 15 is 0 Å². The van der Waals surface area contributed by atoms with Crippen LogP contribution in [0.3, 0.4) is 0 Å². The average Bonchev–Trinajstić information content (AvgIpc) is 3.05. The second-order valence-corrected chi connectivity index (χ2v) is 4.89. The molecule has 18 heavy (non-hydrogen) atoms. The van der Waals surface area contributed by atoms with Crippen molar-refractivity contribution >= 4 is 5.97 Å². The third-order valence-corrected chi connectivity index (χ3v) is 3.35. The lowest BCUT2D eigenvalue weighted by atomic mass is 10.2. The van der Waals surface area contributed by atoms with E-state index in [4.69, 9.17) is 9.52 Å². The number of furan rings is 1. The number of carboxylic acids is 1. The van der Waals surface area contributed by atoms with Crippen LogP contribution in [0, 0.1) is 0 Å². The molecule has 0 bridgehead atoms. The molecule has 0 amide bonds. The first-order chi connectivity index (χ1) is 8.58. The highest BCUT2D eigenvalue weighted by Gasteiger charge is 2.25. The van der Waals surface area contributed by atoms with E-state index in [2.05, 4.69) is 17.3 Å². The normalized spacial score (nSPS) is 17.1. The van der Waals surface area contributed by atoms with Gasteiger partial charge >= 0.3 is 5.97 Å². The van der Waals surface area contributed by atoms with Crippen LogP contribution in [0.1, 0.15) is 42.1 Å². The average molecular weight is 252 g/mol. The minimum absolute atomic E-state index is 0.00579. The molecular weight excluding hydrogens is 232 g/mol. The van der Waals surface area contributed by atoms with Crippen LogP contribution in [0.2, 0.25) is 0 Å². The summed E-state index contributed by atoms with van der Waals surface area (Å²) in [6.07, 6.45) is 2.62. The Labute approximate surface area is 107 Å². The van der Waals surface area contributed by atoms with Crippen LogP contribution in [0.15, 0.2) is 16.5 Å². The highest BCUT2D eigenvalue weighted by Crippen LogP contribution is 2.24. The smallest absolute Gasteiger partial charge is 0.371 e. The Hall–Kier alpha value is -1.33. The van der Waals surface area contributed by atoms with Crippen molar-refractivity contribution < 1.29 is 14.3 Å². The van der Waals surface area contributed by atoms with Crippen LogP contribution in [0.5, 0.6) is 0 Å². The number of nitrogens with one attached hydrogen (secondary N) is 1.